The van der Waals surface area contributed by atoms with E-state index in [0.717, 1.165) is 39.9 Å². The number of rotatable bonds is 5. The second-order valence-electron chi connectivity index (χ2n) is 14.3. The average molecular weight is 669 g/mol. The van der Waals surface area contributed by atoms with E-state index in [-0.39, 0.29) is 5.41 Å². The Kier molecular flexibility index (Phi) is 6.84. The number of para-hydroxylation sites is 2. The van der Waals surface area contributed by atoms with Crippen LogP contribution in [0.3, 0.4) is 0 Å². The van der Waals surface area contributed by atoms with Gasteiger partial charge in [0.15, 0.2) is 11.5 Å². The summed E-state index contributed by atoms with van der Waals surface area (Å²) in [5.74, 6) is 1.69. The fourth-order valence-corrected chi connectivity index (χ4v) is 8.14. The van der Waals surface area contributed by atoms with Crippen LogP contribution < -0.4 is 14.5 Å². The normalized spacial score (nSPS) is 13.5. The second kappa shape index (κ2) is 11.8. The zero-order valence-electron chi connectivity index (χ0n) is 29.1. The van der Waals surface area contributed by atoms with Gasteiger partial charge in [-0.05, 0) is 92.7 Å². The van der Waals surface area contributed by atoms with Gasteiger partial charge in [-0.15, -0.1) is 0 Å². The Bertz CT molecular complexity index is 2640. The minimum Gasteiger partial charge on any atom is -0.453 e. The fraction of sp³-hybridized carbons (Fsp3) is 0.0612. The molecule has 52 heavy (non-hydrogen) atoms. The van der Waals surface area contributed by atoms with Crippen molar-refractivity contribution < 1.29 is 4.74 Å². The molecular formula is C49H36N2O. The first-order valence-corrected chi connectivity index (χ1v) is 17.9. The lowest BCUT2D eigenvalue weighted by atomic mass is 9.72. The summed E-state index contributed by atoms with van der Waals surface area (Å²) in [6.45, 7) is 4.70. The minimum absolute atomic E-state index is 0.322. The summed E-state index contributed by atoms with van der Waals surface area (Å²) < 4.78 is 6.91. The first-order chi connectivity index (χ1) is 25.5. The quantitative estimate of drug-likeness (QED) is 0.182. The Morgan fingerprint density at radius 3 is 1.87 bits per heavy atom. The summed E-state index contributed by atoms with van der Waals surface area (Å²) in [6.07, 6.45) is 0. The third-order valence-electron chi connectivity index (χ3n) is 10.8. The molecule has 2 heterocycles. The van der Waals surface area contributed by atoms with Crippen LogP contribution >= 0.6 is 0 Å². The van der Waals surface area contributed by atoms with Gasteiger partial charge in [0.25, 0.3) is 0 Å². The van der Waals surface area contributed by atoms with E-state index in [2.05, 4.69) is 206 Å². The molecule has 0 fully saturated rings. The van der Waals surface area contributed by atoms with Crippen molar-refractivity contribution in [1.29, 1.82) is 0 Å². The molecule has 0 saturated carbocycles. The third kappa shape index (κ3) is 4.81. The van der Waals surface area contributed by atoms with Crippen molar-refractivity contribution in [3.05, 3.63) is 193 Å². The number of benzene rings is 8. The van der Waals surface area contributed by atoms with E-state index >= 15 is 0 Å². The zero-order chi connectivity index (χ0) is 34.8. The van der Waals surface area contributed by atoms with Gasteiger partial charge < -0.3 is 14.5 Å². The fourth-order valence-electron chi connectivity index (χ4n) is 8.14. The van der Waals surface area contributed by atoms with Crippen molar-refractivity contribution in [3.63, 3.8) is 0 Å². The van der Waals surface area contributed by atoms with Crippen LogP contribution in [0.2, 0.25) is 0 Å². The highest BCUT2D eigenvalue weighted by atomic mass is 16.5. The average Bonchev–Trinajstić information content (AvgIpc) is 3.20. The Labute approximate surface area is 304 Å². The van der Waals surface area contributed by atoms with Gasteiger partial charge in [0, 0.05) is 22.9 Å². The molecule has 8 aromatic rings. The lowest BCUT2D eigenvalue weighted by Gasteiger charge is -2.45. The van der Waals surface area contributed by atoms with Crippen molar-refractivity contribution in [2.75, 3.05) is 9.80 Å². The molecule has 3 nitrogen and oxygen atoms in total. The highest BCUT2D eigenvalue weighted by Gasteiger charge is 2.42. The van der Waals surface area contributed by atoms with E-state index < -0.39 is 0 Å². The van der Waals surface area contributed by atoms with Gasteiger partial charge in [0.2, 0.25) is 0 Å². The van der Waals surface area contributed by atoms with Crippen molar-refractivity contribution in [2.24, 2.45) is 0 Å². The van der Waals surface area contributed by atoms with Crippen LogP contribution in [0.25, 0.3) is 33.0 Å². The van der Waals surface area contributed by atoms with E-state index in [1.807, 2.05) is 0 Å². The SMILES string of the molecule is CC1(C)c2ccc(-c3ccccc3)cc2N2c3ccccc3Oc3cc(N(c4cccc(-c5ccccc5)c4)c4ccc5ccccc5c4)cc1c32. The molecule has 0 radical (unpaired) electrons. The third-order valence-corrected chi connectivity index (χ3v) is 10.8. The summed E-state index contributed by atoms with van der Waals surface area (Å²) >= 11 is 0. The first kappa shape index (κ1) is 30.3. The van der Waals surface area contributed by atoms with Crippen LogP contribution in [-0.2, 0) is 5.41 Å². The molecule has 0 spiro atoms. The van der Waals surface area contributed by atoms with Crippen LogP contribution in [0.5, 0.6) is 11.5 Å². The van der Waals surface area contributed by atoms with E-state index in [0.29, 0.717) is 0 Å². The summed E-state index contributed by atoms with van der Waals surface area (Å²) in [4.78, 5) is 4.81. The van der Waals surface area contributed by atoms with Crippen LogP contribution in [0.1, 0.15) is 25.0 Å². The van der Waals surface area contributed by atoms with Gasteiger partial charge in [-0.1, -0.05) is 141 Å². The van der Waals surface area contributed by atoms with E-state index in [1.54, 1.807) is 0 Å². The number of fused-ring (bicyclic) bond motifs is 5. The molecule has 0 saturated heterocycles. The van der Waals surface area contributed by atoms with Crippen molar-refractivity contribution in [3.8, 4) is 33.8 Å². The molecular weight excluding hydrogens is 633 g/mol. The molecule has 0 aliphatic carbocycles. The molecule has 2 aliphatic rings. The monoisotopic (exact) mass is 668 g/mol. The van der Waals surface area contributed by atoms with Crippen molar-refractivity contribution >= 4 is 44.9 Å². The van der Waals surface area contributed by atoms with E-state index in [1.165, 1.54) is 49.8 Å². The standard InChI is InChI=1S/C49H36N2O/c1-49(2)42-27-25-38(34-16-7-4-8-17-34)30-45(42)51-44-22-11-12-23-46(44)52-47-32-41(31-43(49)48(47)51)50(40-26-24-35-18-9-10-19-36(35)29-40)39-21-13-20-37(28-39)33-14-5-3-6-15-33/h3-32H,1-2H3. The maximum absolute atomic E-state index is 6.91. The van der Waals surface area contributed by atoms with Gasteiger partial charge in [0.05, 0.1) is 22.7 Å². The molecule has 8 aromatic carbocycles. The summed E-state index contributed by atoms with van der Waals surface area (Å²) in [5, 5.41) is 2.41. The molecule has 3 heteroatoms. The predicted molar refractivity (Wildman–Crippen MR) is 216 cm³/mol. The Hall–Kier alpha value is -6.58. The largest absolute Gasteiger partial charge is 0.453 e. The van der Waals surface area contributed by atoms with Gasteiger partial charge in [-0.25, -0.2) is 0 Å². The highest BCUT2D eigenvalue weighted by molar-refractivity contribution is 5.97. The Morgan fingerprint density at radius 2 is 1.08 bits per heavy atom. The predicted octanol–water partition coefficient (Wildman–Crippen LogP) is 13.9. The molecule has 0 N–H and O–H groups in total. The minimum atomic E-state index is -0.322. The number of nitrogens with zero attached hydrogens (tertiary/aromatic N) is 2. The summed E-state index contributed by atoms with van der Waals surface area (Å²) in [5.41, 5.74) is 13.5. The van der Waals surface area contributed by atoms with Gasteiger partial charge >= 0.3 is 0 Å². The van der Waals surface area contributed by atoms with Crippen LogP contribution in [-0.4, -0.2) is 0 Å². The Balaban J connectivity index is 1.21. The maximum atomic E-state index is 6.91. The highest BCUT2D eigenvalue weighted by Crippen LogP contribution is 2.61. The van der Waals surface area contributed by atoms with Gasteiger partial charge in [0.1, 0.15) is 0 Å². The maximum Gasteiger partial charge on any atom is 0.153 e. The molecule has 2 aliphatic heterocycles. The number of hydrogen-bond acceptors (Lipinski definition) is 3. The van der Waals surface area contributed by atoms with Crippen molar-refractivity contribution in [2.45, 2.75) is 19.3 Å². The number of ether oxygens (including phenoxy) is 1. The molecule has 0 atom stereocenters. The van der Waals surface area contributed by atoms with Crippen LogP contribution in [0.15, 0.2) is 182 Å². The summed E-state index contributed by atoms with van der Waals surface area (Å²) in [7, 11) is 0. The molecule has 248 valence electrons. The van der Waals surface area contributed by atoms with Gasteiger partial charge in [-0.3, -0.25) is 0 Å². The zero-order valence-corrected chi connectivity index (χ0v) is 29.1. The lowest BCUT2D eigenvalue weighted by Crippen LogP contribution is -2.32. The van der Waals surface area contributed by atoms with Crippen molar-refractivity contribution in [1.82, 2.24) is 0 Å². The van der Waals surface area contributed by atoms with E-state index in [4.69, 9.17) is 4.74 Å². The number of anilines is 6. The Morgan fingerprint density at radius 1 is 0.423 bits per heavy atom. The van der Waals surface area contributed by atoms with Crippen LogP contribution in [0.4, 0.5) is 34.1 Å². The first-order valence-electron chi connectivity index (χ1n) is 17.9. The smallest absolute Gasteiger partial charge is 0.153 e. The molecule has 10 rings (SSSR count). The second-order valence-corrected chi connectivity index (χ2v) is 14.3. The summed E-state index contributed by atoms with van der Waals surface area (Å²) in [6, 6.07) is 65.4. The molecule has 0 amide bonds. The molecule has 0 aromatic heterocycles. The topological polar surface area (TPSA) is 15.7 Å². The molecule has 0 unspecified atom stereocenters. The van der Waals surface area contributed by atoms with Crippen LogP contribution in [0, 0.1) is 0 Å². The number of hydrogen-bond donors (Lipinski definition) is 0. The van der Waals surface area contributed by atoms with Gasteiger partial charge in [-0.2, -0.15) is 0 Å². The van der Waals surface area contributed by atoms with E-state index in [9.17, 15) is 0 Å². The lowest BCUT2D eigenvalue weighted by molar-refractivity contribution is 0.471. The molecule has 0 bridgehead atoms.